The lowest BCUT2D eigenvalue weighted by Gasteiger charge is -2.36. The average molecular weight is 408 g/mol. The number of hydrogen-bond donors (Lipinski definition) is 2. The molecule has 1 aromatic carbocycles. The van der Waals surface area contributed by atoms with Crippen LogP contribution in [0.5, 0.6) is 5.75 Å². The molecular formula is C16H17BrF3NO3. The van der Waals surface area contributed by atoms with E-state index in [1.165, 1.54) is 18.2 Å². The monoisotopic (exact) mass is 407 g/mol. The Balaban J connectivity index is 2.17. The third kappa shape index (κ3) is 4.10. The fourth-order valence-electron chi connectivity index (χ4n) is 2.28. The molecule has 4 nitrogen and oxygen atoms in total. The molecule has 24 heavy (non-hydrogen) atoms. The van der Waals surface area contributed by atoms with Gasteiger partial charge >= 0.3 is 12.0 Å². The number of unbranched alkanes of at least 4 members (excludes halogenated alkanes) is 1. The van der Waals surface area contributed by atoms with Gasteiger partial charge in [-0.05, 0) is 25.0 Å². The van der Waals surface area contributed by atoms with Crippen LogP contribution in [0.2, 0.25) is 0 Å². The molecule has 0 saturated carbocycles. The smallest absolute Gasteiger partial charge is 0.449 e. The molecule has 1 aliphatic rings. The zero-order valence-corrected chi connectivity index (χ0v) is 14.3. The Bertz CT molecular complexity index is 633. The summed E-state index contributed by atoms with van der Waals surface area (Å²) in [6.45, 7) is -0.447. The van der Waals surface area contributed by atoms with Crippen LogP contribution in [0, 0.1) is 0 Å². The van der Waals surface area contributed by atoms with Crippen LogP contribution in [-0.4, -0.2) is 34.9 Å². The lowest BCUT2D eigenvalue weighted by Crippen LogP contribution is -2.55. The van der Waals surface area contributed by atoms with E-state index in [9.17, 15) is 23.1 Å². The molecule has 1 heterocycles. The van der Waals surface area contributed by atoms with E-state index >= 15 is 0 Å². The summed E-state index contributed by atoms with van der Waals surface area (Å²) in [7, 11) is 0. The third-order valence-electron chi connectivity index (χ3n) is 3.59. The number of aliphatic hydroxyl groups is 1. The highest BCUT2D eigenvalue weighted by Gasteiger charge is 2.60. The molecular weight excluding hydrogens is 391 g/mol. The molecule has 2 rings (SSSR count). The van der Waals surface area contributed by atoms with Crippen molar-refractivity contribution in [3.8, 4) is 5.75 Å². The minimum Gasteiger partial charge on any atom is -0.449 e. The molecule has 0 fully saturated rings. The molecule has 1 atom stereocenters. The predicted octanol–water partition coefficient (Wildman–Crippen LogP) is 3.39. The van der Waals surface area contributed by atoms with Crippen molar-refractivity contribution in [2.75, 3.05) is 11.9 Å². The van der Waals surface area contributed by atoms with Gasteiger partial charge < -0.3 is 15.2 Å². The van der Waals surface area contributed by atoms with Crippen LogP contribution in [0.1, 0.15) is 24.8 Å². The Kier molecular flexibility index (Phi) is 5.92. The van der Waals surface area contributed by atoms with Gasteiger partial charge in [0.05, 0.1) is 0 Å². The first kappa shape index (κ1) is 18.8. The van der Waals surface area contributed by atoms with Crippen molar-refractivity contribution in [2.45, 2.75) is 31.2 Å². The summed E-state index contributed by atoms with van der Waals surface area (Å²) in [4.78, 5) is 11.7. The first-order valence-electron chi connectivity index (χ1n) is 7.39. The number of halogens is 4. The number of amides is 1. The molecule has 0 bridgehead atoms. The van der Waals surface area contributed by atoms with E-state index in [0.717, 1.165) is 11.8 Å². The SMILES string of the molecule is O=C(CCCCBr)NCC1=Cc2ccccc2OC1(O)C(F)(F)F. The quantitative estimate of drug-likeness (QED) is 0.561. The molecule has 1 amide bonds. The van der Waals surface area contributed by atoms with Crippen molar-refractivity contribution in [2.24, 2.45) is 0 Å². The van der Waals surface area contributed by atoms with E-state index in [1.807, 2.05) is 0 Å². The Morgan fingerprint density at radius 2 is 2.00 bits per heavy atom. The van der Waals surface area contributed by atoms with Crippen molar-refractivity contribution in [1.82, 2.24) is 5.32 Å². The molecule has 2 N–H and O–H groups in total. The van der Waals surface area contributed by atoms with Gasteiger partial charge in [-0.1, -0.05) is 34.1 Å². The number of ether oxygens (including phenoxy) is 1. The lowest BCUT2D eigenvalue weighted by molar-refractivity contribution is -0.317. The maximum atomic E-state index is 13.3. The number of rotatable bonds is 6. The number of nitrogens with one attached hydrogen (secondary N) is 1. The number of para-hydroxylation sites is 1. The minimum absolute atomic E-state index is 0.0651. The van der Waals surface area contributed by atoms with E-state index in [0.29, 0.717) is 12.0 Å². The highest BCUT2D eigenvalue weighted by Crippen LogP contribution is 2.43. The van der Waals surface area contributed by atoms with Crippen molar-refractivity contribution < 1.29 is 27.8 Å². The Morgan fingerprint density at radius 3 is 2.67 bits per heavy atom. The van der Waals surface area contributed by atoms with Gasteiger partial charge in [-0.15, -0.1) is 0 Å². The summed E-state index contributed by atoms with van der Waals surface area (Å²) in [5.41, 5.74) is -0.0440. The Hall–Kier alpha value is -1.54. The van der Waals surface area contributed by atoms with Gasteiger partial charge in [0.1, 0.15) is 5.75 Å². The molecule has 1 aromatic rings. The first-order valence-corrected chi connectivity index (χ1v) is 8.51. The minimum atomic E-state index is -5.03. The third-order valence-corrected chi connectivity index (χ3v) is 4.15. The topological polar surface area (TPSA) is 58.6 Å². The molecule has 1 aliphatic heterocycles. The van der Waals surface area contributed by atoms with Gasteiger partial charge in [0.25, 0.3) is 0 Å². The standard InChI is InChI=1S/C16H17BrF3NO3/c17-8-4-3-7-14(22)21-10-12-9-11-5-1-2-6-13(11)24-15(12,23)16(18,19)20/h1-2,5-6,9,23H,3-4,7-8,10H2,(H,21,22). The molecule has 0 radical (unpaired) electrons. The van der Waals surface area contributed by atoms with Crippen LogP contribution in [0.15, 0.2) is 29.8 Å². The summed E-state index contributed by atoms with van der Waals surface area (Å²) in [5.74, 6) is -3.89. The van der Waals surface area contributed by atoms with Crippen molar-refractivity contribution in [1.29, 1.82) is 0 Å². The van der Waals surface area contributed by atoms with E-state index in [1.54, 1.807) is 12.1 Å². The van der Waals surface area contributed by atoms with Crippen molar-refractivity contribution in [3.05, 3.63) is 35.4 Å². The van der Waals surface area contributed by atoms with E-state index < -0.39 is 24.1 Å². The zero-order chi connectivity index (χ0) is 17.8. The van der Waals surface area contributed by atoms with Crippen molar-refractivity contribution >= 4 is 27.9 Å². The van der Waals surface area contributed by atoms with Crippen LogP contribution >= 0.6 is 15.9 Å². The number of fused-ring (bicyclic) bond motifs is 1. The summed E-state index contributed by atoms with van der Waals surface area (Å²) in [6, 6.07) is 6.08. The normalized spacial score (nSPS) is 20.0. The van der Waals surface area contributed by atoms with Gasteiger partial charge in [0.2, 0.25) is 5.91 Å². The van der Waals surface area contributed by atoms with E-state index in [-0.39, 0.29) is 18.1 Å². The maximum absolute atomic E-state index is 13.3. The van der Waals surface area contributed by atoms with Gasteiger partial charge in [0.15, 0.2) is 0 Å². The second kappa shape index (κ2) is 7.57. The van der Waals surface area contributed by atoms with E-state index in [2.05, 4.69) is 21.2 Å². The fourth-order valence-corrected chi connectivity index (χ4v) is 2.67. The summed E-state index contributed by atoms with van der Waals surface area (Å²) in [5, 5.41) is 13.2. The lowest BCUT2D eigenvalue weighted by atomic mass is 9.98. The Labute approximate surface area is 145 Å². The number of benzene rings is 1. The molecule has 0 spiro atoms. The second-order valence-electron chi connectivity index (χ2n) is 5.37. The molecule has 0 saturated heterocycles. The van der Waals surface area contributed by atoms with Crippen LogP contribution in [0.3, 0.4) is 0 Å². The molecule has 0 aliphatic carbocycles. The van der Waals surface area contributed by atoms with Crippen molar-refractivity contribution in [3.63, 3.8) is 0 Å². The summed E-state index contributed by atoms with van der Waals surface area (Å²) in [6.07, 6.45) is -2.21. The van der Waals surface area contributed by atoms with E-state index in [4.69, 9.17) is 4.74 Å². The number of carbonyl (C=O) groups excluding carboxylic acids is 1. The van der Waals surface area contributed by atoms with Crippen LogP contribution in [0.25, 0.3) is 6.08 Å². The van der Waals surface area contributed by atoms with Crippen LogP contribution < -0.4 is 10.1 Å². The summed E-state index contributed by atoms with van der Waals surface area (Å²) < 4.78 is 44.8. The number of hydrogen-bond acceptors (Lipinski definition) is 3. The molecule has 132 valence electrons. The molecule has 0 aromatic heterocycles. The molecule has 8 heteroatoms. The zero-order valence-electron chi connectivity index (χ0n) is 12.7. The number of alkyl halides is 4. The van der Waals surface area contributed by atoms with Gasteiger partial charge in [-0.2, -0.15) is 13.2 Å². The number of carbonyl (C=O) groups is 1. The van der Waals surface area contributed by atoms with Gasteiger partial charge in [-0.3, -0.25) is 4.79 Å². The largest absolute Gasteiger partial charge is 0.460 e. The fraction of sp³-hybridized carbons (Fsp3) is 0.438. The average Bonchev–Trinajstić information content (AvgIpc) is 2.52. The van der Waals surface area contributed by atoms with Gasteiger partial charge in [0, 0.05) is 29.4 Å². The van der Waals surface area contributed by atoms with Crippen LogP contribution in [-0.2, 0) is 4.79 Å². The highest BCUT2D eigenvalue weighted by molar-refractivity contribution is 9.09. The summed E-state index contributed by atoms with van der Waals surface area (Å²) >= 11 is 3.24. The predicted molar refractivity (Wildman–Crippen MR) is 86.7 cm³/mol. The Morgan fingerprint density at radius 1 is 1.29 bits per heavy atom. The highest BCUT2D eigenvalue weighted by atomic mass is 79.9. The van der Waals surface area contributed by atoms with Gasteiger partial charge in [-0.25, -0.2) is 0 Å². The second-order valence-corrected chi connectivity index (χ2v) is 6.17. The van der Waals surface area contributed by atoms with Crippen LogP contribution in [0.4, 0.5) is 13.2 Å². The maximum Gasteiger partial charge on any atom is 0.460 e. The molecule has 1 unspecified atom stereocenters. The first-order chi connectivity index (χ1) is 11.3.